The smallest absolute Gasteiger partial charge is 0.217 e. The average molecular weight is 218 g/mol. The number of rotatable bonds is 3. The Labute approximate surface area is 92.1 Å². The third-order valence-corrected chi connectivity index (χ3v) is 2.38. The zero-order valence-corrected chi connectivity index (χ0v) is 8.61. The molecular weight excluding hydrogens is 207 g/mol. The molecular formula is C12H11FN2O. The molecule has 16 heavy (non-hydrogen) atoms. The molecule has 0 aliphatic heterocycles. The molecule has 0 aliphatic rings. The highest BCUT2D eigenvalue weighted by molar-refractivity contribution is 5.80. The first-order chi connectivity index (χ1) is 7.66. The number of fused-ring (bicyclic) bond motifs is 1. The lowest BCUT2D eigenvalue weighted by atomic mass is 10.1. The minimum atomic E-state index is -0.383. The van der Waals surface area contributed by atoms with Crippen LogP contribution in [0.25, 0.3) is 10.9 Å². The highest BCUT2D eigenvalue weighted by Crippen LogP contribution is 2.18. The number of benzene rings is 1. The Bertz CT molecular complexity index is 540. The van der Waals surface area contributed by atoms with Crippen molar-refractivity contribution in [2.45, 2.75) is 12.8 Å². The van der Waals surface area contributed by atoms with Gasteiger partial charge in [0.05, 0.1) is 0 Å². The van der Waals surface area contributed by atoms with Gasteiger partial charge in [0.1, 0.15) is 11.3 Å². The van der Waals surface area contributed by atoms with E-state index in [0.29, 0.717) is 11.9 Å². The topological polar surface area (TPSA) is 56.0 Å². The van der Waals surface area contributed by atoms with E-state index in [4.69, 9.17) is 5.73 Å². The zero-order chi connectivity index (χ0) is 11.5. The molecule has 1 aromatic carbocycles. The number of hydrogen-bond acceptors (Lipinski definition) is 2. The number of carbonyl (C=O) groups is 1. The monoisotopic (exact) mass is 218 g/mol. The highest BCUT2D eigenvalue weighted by Gasteiger charge is 2.05. The fraction of sp³-hybridized carbons (Fsp3) is 0.167. The van der Waals surface area contributed by atoms with Gasteiger partial charge in [0.25, 0.3) is 0 Å². The number of pyridine rings is 1. The minimum Gasteiger partial charge on any atom is -0.370 e. The molecule has 1 aromatic heterocycles. The summed E-state index contributed by atoms with van der Waals surface area (Å²) >= 11 is 0. The van der Waals surface area contributed by atoms with Crippen LogP contribution >= 0.6 is 0 Å². The molecule has 3 nitrogen and oxygen atoms in total. The average Bonchev–Trinajstić information content (AvgIpc) is 2.26. The summed E-state index contributed by atoms with van der Waals surface area (Å²) in [4.78, 5) is 14.6. The normalized spacial score (nSPS) is 10.6. The number of halogens is 1. The lowest BCUT2D eigenvalue weighted by Gasteiger charge is -2.03. The van der Waals surface area contributed by atoms with Gasteiger partial charge in [-0.25, -0.2) is 4.39 Å². The third kappa shape index (κ3) is 2.16. The predicted octanol–water partition coefficient (Wildman–Crippen LogP) is 1.79. The van der Waals surface area contributed by atoms with E-state index < -0.39 is 0 Å². The fourth-order valence-electron chi connectivity index (χ4n) is 1.62. The molecule has 0 unspecified atom stereocenters. The van der Waals surface area contributed by atoms with Gasteiger partial charge in [-0.3, -0.25) is 9.78 Å². The van der Waals surface area contributed by atoms with Crippen molar-refractivity contribution < 1.29 is 9.18 Å². The summed E-state index contributed by atoms with van der Waals surface area (Å²) < 4.78 is 13.6. The number of amides is 1. The van der Waals surface area contributed by atoms with Crippen LogP contribution in [0, 0.1) is 5.82 Å². The number of nitrogens with zero attached hydrogens (tertiary/aromatic N) is 1. The zero-order valence-electron chi connectivity index (χ0n) is 8.61. The molecule has 2 N–H and O–H groups in total. The highest BCUT2D eigenvalue weighted by atomic mass is 19.1. The van der Waals surface area contributed by atoms with Crippen LogP contribution in [0.4, 0.5) is 4.39 Å². The van der Waals surface area contributed by atoms with Crippen molar-refractivity contribution >= 4 is 16.8 Å². The summed E-state index contributed by atoms with van der Waals surface area (Å²) in [7, 11) is 0. The number of hydrogen-bond donors (Lipinski definition) is 1. The van der Waals surface area contributed by atoms with Crippen LogP contribution in [0.3, 0.4) is 0 Å². The van der Waals surface area contributed by atoms with Gasteiger partial charge in [-0.2, -0.15) is 0 Å². The maximum atomic E-state index is 13.6. The van der Waals surface area contributed by atoms with Crippen LogP contribution in [-0.2, 0) is 11.2 Å². The number of primary amides is 1. The Morgan fingerprint density at radius 1 is 1.44 bits per heavy atom. The van der Waals surface area contributed by atoms with Crippen molar-refractivity contribution in [3.05, 3.63) is 41.8 Å². The number of carbonyl (C=O) groups excluding carboxylic acids is 1. The first kappa shape index (κ1) is 10.5. The van der Waals surface area contributed by atoms with E-state index in [1.54, 1.807) is 18.3 Å². The Balaban J connectivity index is 2.38. The summed E-state index contributed by atoms with van der Waals surface area (Å²) in [6.07, 6.45) is 2.23. The molecule has 0 aliphatic carbocycles. The summed E-state index contributed by atoms with van der Waals surface area (Å²) in [6.45, 7) is 0. The molecule has 0 fully saturated rings. The van der Waals surface area contributed by atoms with Gasteiger partial charge in [-0.1, -0.05) is 6.07 Å². The SMILES string of the molecule is NC(=O)CCc1cc(F)c2ncccc2c1. The molecule has 2 rings (SSSR count). The van der Waals surface area contributed by atoms with Gasteiger partial charge in [0, 0.05) is 18.0 Å². The Morgan fingerprint density at radius 2 is 2.25 bits per heavy atom. The van der Waals surface area contributed by atoms with Crippen LogP contribution in [0.2, 0.25) is 0 Å². The van der Waals surface area contributed by atoms with E-state index in [0.717, 1.165) is 10.9 Å². The second-order valence-corrected chi connectivity index (χ2v) is 3.62. The third-order valence-electron chi connectivity index (χ3n) is 2.38. The molecule has 0 saturated heterocycles. The van der Waals surface area contributed by atoms with E-state index in [1.165, 1.54) is 6.07 Å². The summed E-state index contributed by atoms with van der Waals surface area (Å²) in [5.41, 5.74) is 6.16. The minimum absolute atomic E-state index is 0.227. The lowest BCUT2D eigenvalue weighted by Crippen LogP contribution is -2.11. The van der Waals surface area contributed by atoms with Gasteiger partial charge in [-0.05, 0) is 30.2 Å². The molecule has 0 radical (unpaired) electrons. The Hall–Kier alpha value is -1.97. The summed E-state index contributed by atoms with van der Waals surface area (Å²) in [5, 5.41) is 0.738. The van der Waals surface area contributed by atoms with Gasteiger partial charge >= 0.3 is 0 Å². The Morgan fingerprint density at radius 3 is 3.00 bits per heavy atom. The quantitative estimate of drug-likeness (QED) is 0.853. The predicted molar refractivity (Wildman–Crippen MR) is 59.2 cm³/mol. The molecule has 82 valence electrons. The maximum absolute atomic E-state index is 13.6. The molecule has 0 spiro atoms. The number of nitrogens with two attached hydrogens (primary N) is 1. The standard InChI is InChI=1S/C12H11FN2O/c13-10-7-8(3-4-11(14)16)6-9-2-1-5-15-12(9)10/h1-2,5-7H,3-4H2,(H2,14,16). The van der Waals surface area contributed by atoms with Crippen LogP contribution in [0.5, 0.6) is 0 Å². The molecule has 2 aromatic rings. The first-order valence-electron chi connectivity index (χ1n) is 4.98. The molecule has 4 heteroatoms. The lowest BCUT2D eigenvalue weighted by molar-refractivity contribution is -0.117. The van der Waals surface area contributed by atoms with Gasteiger partial charge in [-0.15, -0.1) is 0 Å². The molecule has 0 atom stereocenters. The van der Waals surface area contributed by atoms with Gasteiger partial charge < -0.3 is 5.73 Å². The van der Waals surface area contributed by atoms with Gasteiger partial charge in [0.15, 0.2) is 0 Å². The van der Waals surface area contributed by atoms with E-state index in [-0.39, 0.29) is 18.1 Å². The van der Waals surface area contributed by atoms with E-state index in [2.05, 4.69) is 4.98 Å². The van der Waals surface area contributed by atoms with E-state index >= 15 is 0 Å². The van der Waals surface area contributed by atoms with E-state index in [1.807, 2.05) is 6.07 Å². The van der Waals surface area contributed by atoms with Crippen molar-refractivity contribution in [2.75, 3.05) is 0 Å². The van der Waals surface area contributed by atoms with Gasteiger partial charge in [0.2, 0.25) is 5.91 Å². The second kappa shape index (κ2) is 4.26. The maximum Gasteiger partial charge on any atom is 0.217 e. The molecule has 1 heterocycles. The summed E-state index contributed by atoms with van der Waals surface area (Å²) in [6, 6.07) is 6.77. The largest absolute Gasteiger partial charge is 0.370 e. The molecule has 1 amide bonds. The van der Waals surface area contributed by atoms with Crippen LogP contribution in [0.1, 0.15) is 12.0 Å². The van der Waals surface area contributed by atoms with Crippen molar-refractivity contribution in [3.63, 3.8) is 0 Å². The fourth-order valence-corrected chi connectivity index (χ4v) is 1.62. The number of aryl methyl sites for hydroxylation is 1. The van der Waals surface area contributed by atoms with Crippen LogP contribution < -0.4 is 5.73 Å². The number of aromatic nitrogens is 1. The van der Waals surface area contributed by atoms with Crippen molar-refractivity contribution in [1.29, 1.82) is 0 Å². The molecule has 0 bridgehead atoms. The van der Waals surface area contributed by atoms with Crippen molar-refractivity contribution in [3.8, 4) is 0 Å². The Kier molecular flexibility index (Phi) is 2.81. The second-order valence-electron chi connectivity index (χ2n) is 3.62. The first-order valence-corrected chi connectivity index (χ1v) is 4.98. The van der Waals surface area contributed by atoms with Crippen LogP contribution in [0.15, 0.2) is 30.5 Å². The summed E-state index contributed by atoms with van der Waals surface area (Å²) in [5.74, 6) is -0.746. The van der Waals surface area contributed by atoms with E-state index in [9.17, 15) is 9.18 Å². The van der Waals surface area contributed by atoms with Crippen molar-refractivity contribution in [1.82, 2.24) is 4.98 Å². The van der Waals surface area contributed by atoms with Crippen LogP contribution in [-0.4, -0.2) is 10.9 Å². The van der Waals surface area contributed by atoms with Crippen molar-refractivity contribution in [2.24, 2.45) is 5.73 Å². The molecule has 0 saturated carbocycles.